The maximum Gasteiger partial charge on any atom is 0.241 e. The molecule has 2 aromatic heterocycles. The first kappa shape index (κ1) is 22.8. The van der Waals surface area contributed by atoms with Gasteiger partial charge in [0, 0.05) is 28.9 Å². The second kappa shape index (κ2) is 9.10. The van der Waals surface area contributed by atoms with Crippen LogP contribution in [-0.2, 0) is 4.79 Å². The van der Waals surface area contributed by atoms with Gasteiger partial charge in [0.05, 0.1) is 11.9 Å². The van der Waals surface area contributed by atoms with E-state index in [1.54, 1.807) is 0 Å². The summed E-state index contributed by atoms with van der Waals surface area (Å²) in [7, 11) is -2.01. The number of amides is 1. The predicted octanol–water partition coefficient (Wildman–Crippen LogP) is 6.30. The minimum Gasteiger partial charge on any atom is -0.366 e. The van der Waals surface area contributed by atoms with Gasteiger partial charge in [0.25, 0.3) is 0 Å². The Morgan fingerprint density at radius 2 is 1.65 bits per heavy atom. The molecular weight excluding hydrogens is 400 g/mol. The highest BCUT2D eigenvalue weighted by atomic mass is 28.3. The number of carbonyl (C=O) groups is 1. The monoisotopic (exact) mass is 434 g/mol. The highest BCUT2D eigenvalue weighted by molar-refractivity contribution is 6.82. The summed E-state index contributed by atoms with van der Waals surface area (Å²) in [5.74, 6) is -0.451. The van der Waals surface area contributed by atoms with Crippen LogP contribution in [0.15, 0.2) is 54.9 Å². The first-order valence-corrected chi connectivity index (χ1v) is 13.2. The molecule has 3 rings (SSSR count). The van der Waals surface area contributed by atoms with Gasteiger partial charge in [-0.15, -0.1) is 0 Å². The SMILES string of the molecule is CC(C)[Si](C(C)C)(C(C)C)n1cc(/C=C/C(N)=O)c2cc(Nc3ccccc3)cnc21. The number of rotatable bonds is 8. The zero-order valence-electron chi connectivity index (χ0n) is 19.4. The van der Waals surface area contributed by atoms with Crippen LogP contribution in [0.5, 0.6) is 0 Å². The molecule has 1 amide bonds. The fraction of sp³-hybridized carbons (Fsp3) is 0.360. The van der Waals surface area contributed by atoms with Gasteiger partial charge in [-0.1, -0.05) is 59.7 Å². The molecule has 0 radical (unpaired) electrons. The number of hydrogen-bond donors (Lipinski definition) is 2. The number of hydrogen-bond acceptors (Lipinski definition) is 3. The lowest BCUT2D eigenvalue weighted by Crippen LogP contribution is -2.51. The van der Waals surface area contributed by atoms with Crippen LogP contribution in [0.1, 0.15) is 47.1 Å². The molecule has 164 valence electrons. The van der Waals surface area contributed by atoms with Gasteiger partial charge in [-0.3, -0.25) is 4.79 Å². The number of para-hydroxylation sites is 1. The van der Waals surface area contributed by atoms with E-state index in [0.717, 1.165) is 28.0 Å². The number of primary amides is 1. The molecule has 6 heteroatoms. The van der Waals surface area contributed by atoms with Gasteiger partial charge in [-0.25, -0.2) is 4.98 Å². The number of nitrogens with one attached hydrogen (secondary N) is 1. The van der Waals surface area contributed by atoms with Gasteiger partial charge < -0.3 is 15.3 Å². The predicted molar refractivity (Wildman–Crippen MR) is 134 cm³/mol. The molecule has 3 N–H and O–H groups in total. The van der Waals surface area contributed by atoms with Crippen LogP contribution in [0.25, 0.3) is 17.1 Å². The van der Waals surface area contributed by atoms with Gasteiger partial charge in [0.15, 0.2) is 8.24 Å². The highest BCUT2D eigenvalue weighted by Crippen LogP contribution is 2.44. The van der Waals surface area contributed by atoms with Crippen LogP contribution in [-0.4, -0.2) is 23.4 Å². The summed E-state index contributed by atoms with van der Waals surface area (Å²) < 4.78 is 2.47. The summed E-state index contributed by atoms with van der Waals surface area (Å²) in [6.07, 6.45) is 7.33. The number of carbonyl (C=O) groups excluding carboxylic acids is 1. The summed E-state index contributed by atoms with van der Waals surface area (Å²) in [6.45, 7) is 14.0. The molecule has 2 heterocycles. The number of pyridine rings is 1. The summed E-state index contributed by atoms with van der Waals surface area (Å²) in [5, 5.41) is 4.45. The van der Waals surface area contributed by atoms with Crippen molar-refractivity contribution >= 4 is 42.6 Å². The molecule has 0 unspecified atom stereocenters. The first-order valence-electron chi connectivity index (χ1n) is 11.0. The van der Waals surface area contributed by atoms with Crippen molar-refractivity contribution in [1.29, 1.82) is 0 Å². The van der Waals surface area contributed by atoms with Crippen LogP contribution >= 0.6 is 0 Å². The first-order chi connectivity index (χ1) is 14.7. The van der Waals surface area contributed by atoms with Crippen LogP contribution in [0.4, 0.5) is 11.4 Å². The van der Waals surface area contributed by atoms with Crippen molar-refractivity contribution in [2.45, 2.75) is 58.2 Å². The Labute approximate surface area is 186 Å². The van der Waals surface area contributed by atoms with E-state index in [0.29, 0.717) is 16.6 Å². The molecule has 0 spiro atoms. The second-order valence-corrected chi connectivity index (χ2v) is 14.8. The van der Waals surface area contributed by atoms with Gasteiger partial charge in [0.2, 0.25) is 5.91 Å². The topological polar surface area (TPSA) is 72.9 Å². The molecule has 0 atom stereocenters. The van der Waals surface area contributed by atoms with Gasteiger partial charge in [0.1, 0.15) is 5.65 Å². The Bertz CT molecular complexity index is 1060. The zero-order valence-corrected chi connectivity index (χ0v) is 20.4. The van der Waals surface area contributed by atoms with E-state index in [-0.39, 0.29) is 0 Å². The van der Waals surface area contributed by atoms with E-state index in [2.05, 4.69) is 63.4 Å². The molecule has 5 nitrogen and oxygen atoms in total. The molecule has 0 saturated heterocycles. The van der Waals surface area contributed by atoms with Crippen LogP contribution < -0.4 is 11.1 Å². The number of nitrogens with zero attached hydrogens (tertiary/aromatic N) is 2. The van der Waals surface area contributed by atoms with Crippen molar-refractivity contribution in [3.05, 3.63) is 60.4 Å². The van der Waals surface area contributed by atoms with E-state index >= 15 is 0 Å². The Morgan fingerprint density at radius 3 is 2.19 bits per heavy atom. The third kappa shape index (κ3) is 4.30. The van der Waals surface area contributed by atoms with E-state index in [1.165, 1.54) is 6.08 Å². The standard InChI is InChI=1S/C25H34N4OSi/c1-17(2)31(18(3)4,19(5)6)29-16-20(12-13-24(26)30)23-14-22(15-27-25(23)29)28-21-10-8-7-9-11-21/h7-19,28H,1-6H3,(H2,26,30)/b13-12+. The molecule has 1 aromatic carbocycles. The maximum absolute atomic E-state index is 11.5. The smallest absolute Gasteiger partial charge is 0.241 e. The number of benzene rings is 1. The third-order valence-electron chi connectivity index (χ3n) is 6.36. The number of nitrogens with two attached hydrogens (primary N) is 1. The Kier molecular flexibility index (Phi) is 6.70. The molecule has 0 aliphatic carbocycles. The number of anilines is 2. The third-order valence-corrected chi connectivity index (χ3v) is 13.1. The Hall–Kier alpha value is -2.86. The van der Waals surface area contributed by atoms with Crippen molar-refractivity contribution in [2.75, 3.05) is 5.32 Å². The zero-order chi connectivity index (χ0) is 22.8. The lowest BCUT2D eigenvalue weighted by atomic mass is 10.2. The van der Waals surface area contributed by atoms with Crippen LogP contribution in [0, 0.1) is 0 Å². The molecule has 0 aliphatic rings. The molecule has 0 aliphatic heterocycles. The van der Waals surface area contributed by atoms with Crippen molar-refractivity contribution in [3.8, 4) is 0 Å². The molecule has 0 bridgehead atoms. The van der Waals surface area contributed by atoms with Gasteiger partial charge in [-0.2, -0.15) is 0 Å². The molecule has 3 aromatic rings. The highest BCUT2D eigenvalue weighted by Gasteiger charge is 2.46. The summed E-state index contributed by atoms with van der Waals surface area (Å²) in [5.41, 5.74) is 10.9. The summed E-state index contributed by atoms with van der Waals surface area (Å²) in [4.78, 5) is 16.4. The normalized spacial score (nSPS) is 12.5. The van der Waals surface area contributed by atoms with Gasteiger partial charge >= 0.3 is 0 Å². The minimum atomic E-state index is -2.01. The van der Waals surface area contributed by atoms with E-state index < -0.39 is 14.1 Å². The second-order valence-electron chi connectivity index (χ2n) is 9.13. The minimum absolute atomic E-state index is 0.451. The molecular formula is C25H34N4OSi. The van der Waals surface area contributed by atoms with Crippen molar-refractivity contribution in [2.24, 2.45) is 5.73 Å². The fourth-order valence-electron chi connectivity index (χ4n) is 5.32. The van der Waals surface area contributed by atoms with E-state index in [9.17, 15) is 4.79 Å². The van der Waals surface area contributed by atoms with E-state index in [1.807, 2.05) is 42.6 Å². The van der Waals surface area contributed by atoms with Crippen LogP contribution in [0.2, 0.25) is 16.6 Å². The Balaban J connectivity index is 2.24. The molecule has 31 heavy (non-hydrogen) atoms. The quantitative estimate of drug-likeness (QED) is 0.323. The van der Waals surface area contributed by atoms with Crippen LogP contribution in [0.3, 0.4) is 0 Å². The lowest BCUT2D eigenvalue weighted by Gasteiger charge is -2.44. The molecule has 0 saturated carbocycles. The van der Waals surface area contributed by atoms with Crippen molar-refractivity contribution < 1.29 is 4.79 Å². The Morgan fingerprint density at radius 1 is 1.03 bits per heavy atom. The number of fused-ring (bicyclic) bond motifs is 1. The maximum atomic E-state index is 11.5. The molecule has 0 fully saturated rings. The van der Waals surface area contributed by atoms with Crippen molar-refractivity contribution in [3.63, 3.8) is 0 Å². The average molecular weight is 435 g/mol. The van der Waals surface area contributed by atoms with Crippen molar-refractivity contribution in [1.82, 2.24) is 9.22 Å². The fourth-order valence-corrected chi connectivity index (χ4v) is 11.9. The largest absolute Gasteiger partial charge is 0.366 e. The average Bonchev–Trinajstić information content (AvgIpc) is 3.05. The summed E-state index contributed by atoms with van der Waals surface area (Å²) in [6, 6.07) is 12.2. The van der Waals surface area contributed by atoms with Gasteiger partial charge in [-0.05, 0) is 40.9 Å². The summed E-state index contributed by atoms with van der Waals surface area (Å²) >= 11 is 0. The number of aromatic nitrogens is 2. The lowest BCUT2D eigenvalue weighted by molar-refractivity contribution is -0.113. The van der Waals surface area contributed by atoms with E-state index in [4.69, 9.17) is 10.7 Å².